The third-order valence-electron chi connectivity index (χ3n) is 2.65. The van der Waals surface area contributed by atoms with Gasteiger partial charge in [0.25, 0.3) is 11.7 Å². The summed E-state index contributed by atoms with van der Waals surface area (Å²) in [7, 11) is 1.55. The van der Waals surface area contributed by atoms with Crippen LogP contribution in [0.25, 0.3) is 0 Å². The number of benzene rings is 1. The highest BCUT2D eigenvalue weighted by molar-refractivity contribution is 6.52. The van der Waals surface area contributed by atoms with Gasteiger partial charge in [-0.25, -0.2) is 0 Å². The number of amides is 1. The molecule has 4 heteroatoms. The standard InChI is InChI=1S/C12H13NO3/c1-3-4-7-5-6-8-9(11(7)16-2)13-12(15)10(8)14/h5-6H,3-4H2,1-2H3,(H,13,14,15). The molecule has 1 N–H and O–H groups in total. The van der Waals surface area contributed by atoms with Gasteiger partial charge in [0.2, 0.25) is 0 Å². The first kappa shape index (κ1) is 10.7. The minimum Gasteiger partial charge on any atom is -0.494 e. The van der Waals surface area contributed by atoms with Crippen LogP contribution < -0.4 is 10.1 Å². The molecule has 0 radical (unpaired) electrons. The maximum atomic E-state index is 11.5. The van der Waals surface area contributed by atoms with E-state index in [-0.39, 0.29) is 0 Å². The molecule has 1 amide bonds. The number of nitrogens with one attached hydrogen (secondary N) is 1. The minimum atomic E-state index is -0.582. The van der Waals surface area contributed by atoms with Gasteiger partial charge in [-0.2, -0.15) is 0 Å². The average Bonchev–Trinajstić information content (AvgIpc) is 2.56. The second-order valence-electron chi connectivity index (χ2n) is 3.71. The lowest BCUT2D eigenvalue weighted by atomic mass is 10.0. The Balaban J connectivity index is 2.55. The lowest BCUT2D eigenvalue weighted by Gasteiger charge is -2.11. The van der Waals surface area contributed by atoms with Crippen molar-refractivity contribution in [2.45, 2.75) is 19.8 Å². The van der Waals surface area contributed by atoms with Crippen molar-refractivity contribution in [1.29, 1.82) is 0 Å². The summed E-state index contributed by atoms with van der Waals surface area (Å²) in [6.45, 7) is 2.07. The minimum absolute atomic E-state index is 0.404. The maximum Gasteiger partial charge on any atom is 0.296 e. The van der Waals surface area contributed by atoms with Crippen molar-refractivity contribution >= 4 is 17.4 Å². The van der Waals surface area contributed by atoms with Crippen LogP contribution >= 0.6 is 0 Å². The Labute approximate surface area is 93.6 Å². The average molecular weight is 219 g/mol. The molecule has 1 heterocycles. The second-order valence-corrected chi connectivity index (χ2v) is 3.71. The van der Waals surface area contributed by atoms with Gasteiger partial charge in [0.15, 0.2) is 0 Å². The van der Waals surface area contributed by atoms with Gasteiger partial charge < -0.3 is 10.1 Å². The lowest BCUT2D eigenvalue weighted by molar-refractivity contribution is -0.112. The van der Waals surface area contributed by atoms with E-state index < -0.39 is 11.7 Å². The number of carbonyl (C=O) groups excluding carboxylic acids is 2. The van der Waals surface area contributed by atoms with Crippen LogP contribution in [0.4, 0.5) is 5.69 Å². The molecule has 1 aromatic rings. The monoisotopic (exact) mass is 219 g/mol. The number of ether oxygens (including phenoxy) is 1. The molecule has 1 aromatic carbocycles. The van der Waals surface area contributed by atoms with E-state index in [1.807, 2.05) is 6.07 Å². The summed E-state index contributed by atoms with van der Waals surface area (Å²) in [4.78, 5) is 22.7. The quantitative estimate of drug-likeness (QED) is 0.788. The van der Waals surface area contributed by atoms with Crippen molar-refractivity contribution in [2.24, 2.45) is 0 Å². The van der Waals surface area contributed by atoms with Gasteiger partial charge in [0.05, 0.1) is 18.4 Å². The van der Waals surface area contributed by atoms with E-state index in [9.17, 15) is 9.59 Å². The predicted molar refractivity (Wildman–Crippen MR) is 59.9 cm³/mol. The Morgan fingerprint density at radius 2 is 2.06 bits per heavy atom. The Hall–Kier alpha value is -1.84. The van der Waals surface area contributed by atoms with E-state index in [0.29, 0.717) is 17.0 Å². The molecule has 0 unspecified atom stereocenters. The fraction of sp³-hybridized carbons (Fsp3) is 0.333. The summed E-state index contributed by atoms with van der Waals surface area (Å²) in [5.74, 6) is -0.461. The number of fused-ring (bicyclic) bond motifs is 1. The molecule has 16 heavy (non-hydrogen) atoms. The van der Waals surface area contributed by atoms with Gasteiger partial charge >= 0.3 is 0 Å². The molecule has 0 fully saturated rings. The van der Waals surface area contributed by atoms with Crippen molar-refractivity contribution in [2.75, 3.05) is 12.4 Å². The van der Waals surface area contributed by atoms with Crippen LogP contribution in [0.2, 0.25) is 0 Å². The van der Waals surface area contributed by atoms with Crippen molar-refractivity contribution in [1.82, 2.24) is 0 Å². The largest absolute Gasteiger partial charge is 0.494 e. The maximum absolute atomic E-state index is 11.5. The number of aryl methyl sites for hydroxylation is 1. The first-order valence-corrected chi connectivity index (χ1v) is 5.24. The highest BCUT2D eigenvalue weighted by Gasteiger charge is 2.31. The molecule has 84 valence electrons. The number of Topliss-reactive ketones (excluding diaryl/α,β-unsaturated/α-hetero) is 1. The molecule has 1 aliphatic rings. The number of rotatable bonds is 3. The molecule has 0 bridgehead atoms. The number of hydrogen-bond acceptors (Lipinski definition) is 3. The zero-order chi connectivity index (χ0) is 11.7. The van der Waals surface area contributed by atoms with Crippen LogP contribution in [-0.4, -0.2) is 18.8 Å². The third-order valence-corrected chi connectivity index (χ3v) is 2.65. The normalized spacial score (nSPS) is 13.6. The molecule has 0 saturated carbocycles. The van der Waals surface area contributed by atoms with Gasteiger partial charge in [0, 0.05) is 0 Å². The van der Waals surface area contributed by atoms with Crippen molar-refractivity contribution < 1.29 is 14.3 Å². The molecule has 0 aromatic heterocycles. The molecule has 4 nitrogen and oxygen atoms in total. The highest BCUT2D eigenvalue weighted by atomic mass is 16.5. The topological polar surface area (TPSA) is 55.4 Å². The van der Waals surface area contributed by atoms with Gasteiger partial charge in [0.1, 0.15) is 5.75 Å². The first-order valence-electron chi connectivity index (χ1n) is 5.24. The zero-order valence-electron chi connectivity index (χ0n) is 9.29. The highest BCUT2D eigenvalue weighted by Crippen LogP contribution is 2.36. The van der Waals surface area contributed by atoms with Gasteiger partial charge in [-0.05, 0) is 18.1 Å². The van der Waals surface area contributed by atoms with E-state index in [1.165, 1.54) is 0 Å². The van der Waals surface area contributed by atoms with Crippen molar-refractivity contribution in [3.63, 3.8) is 0 Å². The van der Waals surface area contributed by atoms with Crippen LogP contribution in [0.5, 0.6) is 5.75 Å². The summed E-state index contributed by atoms with van der Waals surface area (Å²) in [6, 6.07) is 3.53. The summed E-state index contributed by atoms with van der Waals surface area (Å²) >= 11 is 0. The van der Waals surface area contributed by atoms with Gasteiger partial charge in [-0.15, -0.1) is 0 Å². The number of anilines is 1. The third kappa shape index (κ3) is 1.46. The van der Waals surface area contributed by atoms with Crippen LogP contribution in [-0.2, 0) is 11.2 Å². The summed E-state index contributed by atoms with van der Waals surface area (Å²) in [5.41, 5.74) is 1.93. The molecule has 0 aliphatic carbocycles. The van der Waals surface area contributed by atoms with Gasteiger partial charge in [-0.3, -0.25) is 9.59 Å². The molecule has 1 aliphatic heterocycles. The Morgan fingerprint density at radius 3 is 2.69 bits per heavy atom. The van der Waals surface area contributed by atoms with Crippen molar-refractivity contribution in [3.05, 3.63) is 23.3 Å². The lowest BCUT2D eigenvalue weighted by Crippen LogP contribution is -2.12. The van der Waals surface area contributed by atoms with E-state index in [4.69, 9.17) is 4.74 Å². The molecule has 0 spiro atoms. The van der Waals surface area contributed by atoms with E-state index in [2.05, 4.69) is 12.2 Å². The Kier molecular flexibility index (Phi) is 2.64. The molecular weight excluding hydrogens is 206 g/mol. The summed E-state index contributed by atoms with van der Waals surface area (Å²) in [5, 5.41) is 2.55. The Morgan fingerprint density at radius 1 is 1.31 bits per heavy atom. The molecular formula is C12H13NO3. The Bertz CT molecular complexity index is 466. The number of carbonyl (C=O) groups is 2. The fourth-order valence-corrected chi connectivity index (χ4v) is 1.93. The number of methoxy groups -OCH3 is 1. The SMILES string of the molecule is CCCc1ccc2c(c1OC)NC(=O)C2=O. The van der Waals surface area contributed by atoms with E-state index in [0.717, 1.165) is 18.4 Å². The van der Waals surface area contributed by atoms with Crippen molar-refractivity contribution in [3.8, 4) is 5.75 Å². The van der Waals surface area contributed by atoms with E-state index in [1.54, 1.807) is 13.2 Å². The smallest absolute Gasteiger partial charge is 0.296 e. The summed E-state index contributed by atoms with van der Waals surface area (Å²) in [6.07, 6.45) is 1.84. The molecule has 0 saturated heterocycles. The first-order chi connectivity index (χ1) is 7.69. The predicted octanol–water partition coefficient (Wildman–Crippen LogP) is 1.78. The molecule has 2 rings (SSSR count). The van der Waals surface area contributed by atoms with Crippen LogP contribution in [0.3, 0.4) is 0 Å². The van der Waals surface area contributed by atoms with E-state index >= 15 is 0 Å². The number of ketones is 1. The van der Waals surface area contributed by atoms with Crippen LogP contribution in [0, 0.1) is 0 Å². The zero-order valence-corrected chi connectivity index (χ0v) is 9.29. The second kappa shape index (κ2) is 3.96. The van der Waals surface area contributed by atoms with Crippen LogP contribution in [0.15, 0.2) is 12.1 Å². The van der Waals surface area contributed by atoms with Gasteiger partial charge in [-0.1, -0.05) is 19.4 Å². The molecule has 0 atom stereocenters. The summed E-state index contributed by atoms with van der Waals surface area (Å²) < 4.78 is 5.27. The fourth-order valence-electron chi connectivity index (χ4n) is 1.93. The number of hydrogen-bond donors (Lipinski definition) is 1. The van der Waals surface area contributed by atoms with Crippen LogP contribution in [0.1, 0.15) is 29.3 Å².